The Labute approximate surface area is 150 Å². The van der Waals surface area contributed by atoms with Crippen LogP contribution in [0.3, 0.4) is 0 Å². The molecule has 1 aromatic rings. The number of carbonyl (C=O) groups is 2. The topological polar surface area (TPSA) is 79.5 Å². The Morgan fingerprint density at radius 1 is 1.16 bits per heavy atom. The number of urea groups is 1. The van der Waals surface area contributed by atoms with Crippen molar-refractivity contribution in [3.8, 4) is 5.75 Å². The lowest BCUT2D eigenvalue weighted by molar-refractivity contribution is -0.122. The Morgan fingerprint density at radius 2 is 1.96 bits per heavy atom. The number of rotatable bonds is 11. The molecule has 3 N–H and O–H groups in total. The molecule has 140 valence electrons. The number of carbonyl (C=O) groups excluding carboxylic acids is 2. The molecule has 6 nitrogen and oxygen atoms in total. The molecule has 1 aromatic carbocycles. The van der Waals surface area contributed by atoms with Crippen LogP contribution in [-0.4, -0.2) is 31.6 Å². The summed E-state index contributed by atoms with van der Waals surface area (Å²) >= 11 is 0. The van der Waals surface area contributed by atoms with E-state index in [-0.39, 0.29) is 18.5 Å². The molecule has 0 saturated heterocycles. The normalized spacial score (nSPS) is 11.5. The summed E-state index contributed by atoms with van der Waals surface area (Å²) in [5.41, 5.74) is 0.632. The van der Waals surface area contributed by atoms with Crippen molar-refractivity contribution in [1.29, 1.82) is 0 Å². The van der Waals surface area contributed by atoms with E-state index < -0.39 is 0 Å². The van der Waals surface area contributed by atoms with Gasteiger partial charge in [0.1, 0.15) is 5.75 Å². The van der Waals surface area contributed by atoms with E-state index in [4.69, 9.17) is 4.74 Å². The first-order valence-corrected chi connectivity index (χ1v) is 9.13. The van der Waals surface area contributed by atoms with Crippen molar-refractivity contribution in [1.82, 2.24) is 10.6 Å². The van der Waals surface area contributed by atoms with Crippen LogP contribution in [0.25, 0.3) is 0 Å². The van der Waals surface area contributed by atoms with Crippen molar-refractivity contribution in [3.05, 3.63) is 24.3 Å². The van der Waals surface area contributed by atoms with Crippen molar-refractivity contribution < 1.29 is 14.3 Å². The first kappa shape index (κ1) is 20.8. The molecule has 25 heavy (non-hydrogen) atoms. The minimum Gasteiger partial charge on any atom is -0.484 e. The monoisotopic (exact) mass is 349 g/mol. The van der Waals surface area contributed by atoms with Crippen LogP contribution in [0.1, 0.15) is 46.5 Å². The van der Waals surface area contributed by atoms with Crippen LogP contribution in [0, 0.1) is 5.92 Å². The summed E-state index contributed by atoms with van der Waals surface area (Å²) in [5, 5.41) is 8.39. The fourth-order valence-corrected chi connectivity index (χ4v) is 2.42. The van der Waals surface area contributed by atoms with Gasteiger partial charge in [0.25, 0.3) is 5.91 Å². The van der Waals surface area contributed by atoms with E-state index >= 15 is 0 Å². The predicted molar refractivity (Wildman–Crippen MR) is 101 cm³/mol. The largest absolute Gasteiger partial charge is 0.484 e. The average Bonchev–Trinajstić information content (AvgIpc) is 2.61. The van der Waals surface area contributed by atoms with E-state index in [1.54, 1.807) is 24.3 Å². The Balaban J connectivity index is 2.43. The molecular formula is C19H31N3O3. The highest BCUT2D eigenvalue weighted by atomic mass is 16.5. The maximum atomic E-state index is 12.0. The lowest BCUT2D eigenvalue weighted by Gasteiger charge is -2.16. The minimum atomic E-state index is -0.226. The number of nitrogens with one attached hydrogen (secondary N) is 3. The van der Waals surface area contributed by atoms with Crippen LogP contribution in [0.5, 0.6) is 5.75 Å². The van der Waals surface area contributed by atoms with Crippen molar-refractivity contribution in [2.45, 2.75) is 46.5 Å². The predicted octanol–water partition coefficient (Wildman–Crippen LogP) is 3.54. The van der Waals surface area contributed by atoms with Crippen molar-refractivity contribution >= 4 is 17.6 Å². The molecule has 1 atom stereocenters. The molecular weight excluding hydrogens is 318 g/mol. The maximum Gasteiger partial charge on any atom is 0.319 e. The van der Waals surface area contributed by atoms with E-state index in [9.17, 15) is 9.59 Å². The van der Waals surface area contributed by atoms with Crippen LogP contribution in [0.2, 0.25) is 0 Å². The summed E-state index contributed by atoms with van der Waals surface area (Å²) in [5.74, 6) is 0.882. The lowest BCUT2D eigenvalue weighted by atomic mass is 9.99. The molecule has 0 heterocycles. The maximum absolute atomic E-state index is 12.0. The molecule has 0 spiro atoms. The smallest absolute Gasteiger partial charge is 0.319 e. The third kappa shape index (κ3) is 8.98. The Hall–Kier alpha value is -2.24. The number of ether oxygens (including phenoxy) is 1. The molecule has 1 rings (SSSR count). The van der Waals surface area contributed by atoms with Crippen molar-refractivity contribution in [2.24, 2.45) is 5.92 Å². The third-order valence-electron chi connectivity index (χ3n) is 3.93. The highest BCUT2D eigenvalue weighted by molar-refractivity contribution is 5.89. The van der Waals surface area contributed by atoms with Gasteiger partial charge >= 0.3 is 6.03 Å². The molecule has 6 heteroatoms. The molecule has 0 fully saturated rings. The van der Waals surface area contributed by atoms with E-state index in [2.05, 4.69) is 29.8 Å². The second-order valence-corrected chi connectivity index (χ2v) is 6.02. The van der Waals surface area contributed by atoms with Gasteiger partial charge in [0.2, 0.25) is 0 Å². The minimum absolute atomic E-state index is 0.0426. The molecule has 0 saturated carbocycles. The van der Waals surface area contributed by atoms with Crippen LogP contribution in [0.4, 0.5) is 10.5 Å². The lowest BCUT2D eigenvalue weighted by Crippen LogP contribution is -2.33. The number of anilines is 1. The molecule has 0 aliphatic heterocycles. The van der Waals surface area contributed by atoms with Gasteiger partial charge in [-0.3, -0.25) is 4.79 Å². The Morgan fingerprint density at radius 3 is 2.64 bits per heavy atom. The van der Waals surface area contributed by atoms with Gasteiger partial charge in [-0.2, -0.15) is 0 Å². The summed E-state index contributed by atoms with van der Waals surface area (Å²) in [6.07, 6.45) is 4.55. The number of likely N-dealkylation sites (N-methyl/N-ethyl adjacent to an activating group) is 1. The highest BCUT2D eigenvalue weighted by Gasteiger charge is 2.09. The Bertz CT molecular complexity index is 534. The van der Waals surface area contributed by atoms with E-state index in [0.717, 1.165) is 12.8 Å². The highest BCUT2D eigenvalue weighted by Crippen LogP contribution is 2.17. The van der Waals surface area contributed by atoms with Crippen LogP contribution < -0.4 is 20.7 Å². The quantitative estimate of drug-likeness (QED) is 0.572. The van der Waals surface area contributed by atoms with Gasteiger partial charge in [-0.05, 0) is 31.4 Å². The zero-order valence-corrected chi connectivity index (χ0v) is 15.6. The second-order valence-electron chi connectivity index (χ2n) is 6.02. The van der Waals surface area contributed by atoms with Gasteiger partial charge in [0.05, 0.1) is 0 Å². The van der Waals surface area contributed by atoms with E-state index in [0.29, 0.717) is 30.4 Å². The molecule has 0 aliphatic rings. The average molecular weight is 349 g/mol. The van der Waals surface area contributed by atoms with Crippen LogP contribution >= 0.6 is 0 Å². The number of amides is 3. The number of unbranched alkanes of at least 4 members (excludes halogenated alkanes) is 1. The second kappa shape index (κ2) is 12.2. The molecule has 0 aromatic heterocycles. The Kier molecular flexibility index (Phi) is 10.1. The van der Waals surface area contributed by atoms with E-state index in [1.807, 2.05) is 6.92 Å². The molecule has 3 amide bonds. The summed E-state index contributed by atoms with van der Waals surface area (Å²) in [6.45, 7) is 7.38. The first-order valence-electron chi connectivity index (χ1n) is 9.13. The standard InChI is InChI=1S/C19H31N3O3/c1-4-7-9-15(5-2)13-21-19(24)22-16-10-8-11-17(12-16)25-14-18(23)20-6-3/h8,10-12,15H,4-7,9,13-14H2,1-3H3,(H,20,23)(H2,21,22,24). The number of hydrogen-bond donors (Lipinski definition) is 3. The van der Waals surface area contributed by atoms with Gasteiger partial charge in [-0.15, -0.1) is 0 Å². The summed E-state index contributed by atoms with van der Waals surface area (Å²) in [4.78, 5) is 23.5. The molecule has 0 radical (unpaired) electrons. The van der Waals surface area contributed by atoms with Crippen LogP contribution in [-0.2, 0) is 4.79 Å². The van der Waals surface area contributed by atoms with E-state index in [1.165, 1.54) is 12.8 Å². The van der Waals surface area contributed by atoms with Crippen LogP contribution in [0.15, 0.2) is 24.3 Å². The van der Waals surface area contributed by atoms with Gasteiger partial charge in [0.15, 0.2) is 6.61 Å². The van der Waals surface area contributed by atoms with Crippen molar-refractivity contribution in [2.75, 3.05) is 25.0 Å². The summed E-state index contributed by atoms with van der Waals surface area (Å²) in [7, 11) is 0. The molecule has 1 unspecified atom stereocenters. The van der Waals surface area contributed by atoms with Gasteiger partial charge < -0.3 is 20.7 Å². The van der Waals surface area contributed by atoms with Gasteiger partial charge in [-0.25, -0.2) is 4.79 Å². The fraction of sp³-hybridized carbons (Fsp3) is 0.579. The summed E-state index contributed by atoms with van der Waals surface area (Å²) < 4.78 is 5.42. The van der Waals surface area contributed by atoms with Crippen molar-refractivity contribution in [3.63, 3.8) is 0 Å². The number of benzene rings is 1. The zero-order valence-electron chi connectivity index (χ0n) is 15.6. The molecule has 0 bridgehead atoms. The zero-order chi connectivity index (χ0) is 18.5. The van der Waals surface area contributed by atoms with Gasteiger partial charge in [0, 0.05) is 24.8 Å². The molecule has 0 aliphatic carbocycles. The fourth-order valence-electron chi connectivity index (χ4n) is 2.42. The summed E-state index contributed by atoms with van der Waals surface area (Å²) in [6, 6.07) is 6.79. The third-order valence-corrected chi connectivity index (χ3v) is 3.93. The number of hydrogen-bond acceptors (Lipinski definition) is 3. The van der Waals surface area contributed by atoms with Gasteiger partial charge in [-0.1, -0.05) is 39.2 Å². The first-order chi connectivity index (χ1) is 12.1. The SMILES string of the molecule is CCCCC(CC)CNC(=O)Nc1cccc(OCC(=O)NCC)c1.